The van der Waals surface area contributed by atoms with Gasteiger partial charge in [0.2, 0.25) is 0 Å². The lowest BCUT2D eigenvalue weighted by atomic mass is 9.97. The van der Waals surface area contributed by atoms with E-state index in [1.54, 1.807) is 0 Å². The molecule has 1 atom stereocenters. The van der Waals surface area contributed by atoms with Gasteiger partial charge in [-0.2, -0.15) is 0 Å². The highest BCUT2D eigenvalue weighted by Crippen LogP contribution is 2.29. The van der Waals surface area contributed by atoms with Crippen LogP contribution in [0.3, 0.4) is 0 Å². The van der Waals surface area contributed by atoms with Gasteiger partial charge in [-0.25, -0.2) is 4.79 Å². The van der Waals surface area contributed by atoms with Crippen LogP contribution >= 0.6 is 11.6 Å². The molecule has 0 N–H and O–H groups in total. The van der Waals surface area contributed by atoms with Gasteiger partial charge < -0.3 is 4.74 Å². The van der Waals surface area contributed by atoms with Gasteiger partial charge in [0.25, 0.3) is 0 Å². The van der Waals surface area contributed by atoms with Gasteiger partial charge >= 0.3 is 5.97 Å². The lowest BCUT2D eigenvalue weighted by Gasteiger charge is -2.30. The van der Waals surface area contributed by atoms with Crippen molar-refractivity contribution in [2.75, 3.05) is 20.7 Å². The summed E-state index contributed by atoms with van der Waals surface area (Å²) in [4.78, 5) is 13.8. The third-order valence-electron chi connectivity index (χ3n) is 3.21. The first-order chi connectivity index (χ1) is 8.61. The lowest BCUT2D eigenvalue weighted by Crippen LogP contribution is -2.30. The van der Waals surface area contributed by atoms with Crippen LogP contribution < -0.4 is 0 Å². The molecule has 0 bridgehead atoms. The lowest BCUT2D eigenvalue weighted by molar-refractivity contribution is -0.136. The molecule has 1 aliphatic heterocycles. The van der Waals surface area contributed by atoms with E-state index in [0.29, 0.717) is 5.02 Å². The van der Waals surface area contributed by atoms with Crippen LogP contribution in [0.15, 0.2) is 35.9 Å². The second kappa shape index (κ2) is 5.55. The summed E-state index contributed by atoms with van der Waals surface area (Å²) in [7, 11) is 3.45. The van der Waals surface area contributed by atoms with Gasteiger partial charge in [0.15, 0.2) is 0 Å². The standard InChI is InChI=1S/C14H16ClNO2/c1-16-7-6-11(14(17)18-2)9-13(16)10-4-3-5-12(15)8-10/h3-5,8-9,13H,6-7H2,1-2H3. The number of esters is 1. The minimum atomic E-state index is -0.241. The molecule has 1 aromatic carbocycles. The molecule has 1 aromatic rings. The summed E-state index contributed by atoms with van der Waals surface area (Å²) in [6.07, 6.45) is 2.68. The quantitative estimate of drug-likeness (QED) is 0.770. The molecule has 0 fully saturated rings. The van der Waals surface area contributed by atoms with Crippen LogP contribution in [0.2, 0.25) is 5.02 Å². The highest BCUT2D eigenvalue weighted by Gasteiger charge is 2.23. The van der Waals surface area contributed by atoms with Gasteiger partial charge in [0.1, 0.15) is 0 Å². The zero-order valence-corrected chi connectivity index (χ0v) is 11.3. The molecule has 4 heteroatoms. The van der Waals surface area contributed by atoms with Crippen molar-refractivity contribution in [1.29, 1.82) is 0 Å². The summed E-state index contributed by atoms with van der Waals surface area (Å²) in [5.74, 6) is -0.241. The van der Waals surface area contributed by atoms with Crippen molar-refractivity contribution in [2.45, 2.75) is 12.5 Å². The minimum absolute atomic E-state index is 0.0755. The zero-order chi connectivity index (χ0) is 13.1. The Balaban J connectivity index is 2.32. The summed E-state index contributed by atoms with van der Waals surface area (Å²) in [6.45, 7) is 0.831. The summed E-state index contributed by atoms with van der Waals surface area (Å²) >= 11 is 6.01. The van der Waals surface area contributed by atoms with Gasteiger partial charge in [0, 0.05) is 17.1 Å². The number of likely N-dealkylation sites (N-methyl/N-ethyl adjacent to an activating group) is 1. The van der Waals surface area contributed by atoms with Crippen LogP contribution in [0.4, 0.5) is 0 Å². The van der Waals surface area contributed by atoms with Crippen LogP contribution in [-0.2, 0) is 9.53 Å². The topological polar surface area (TPSA) is 29.5 Å². The number of hydrogen-bond donors (Lipinski definition) is 0. The van der Waals surface area contributed by atoms with Crippen LogP contribution in [0.5, 0.6) is 0 Å². The molecule has 0 saturated carbocycles. The SMILES string of the molecule is COC(=O)C1=CC(c2cccc(Cl)c2)N(C)CC1. The second-order valence-corrected chi connectivity index (χ2v) is 4.85. The summed E-state index contributed by atoms with van der Waals surface area (Å²) in [5, 5.41) is 0.708. The first kappa shape index (κ1) is 13.1. The van der Waals surface area contributed by atoms with Gasteiger partial charge in [-0.3, -0.25) is 4.90 Å². The Bertz CT molecular complexity index is 484. The third kappa shape index (κ3) is 2.74. The maximum atomic E-state index is 11.6. The Kier molecular flexibility index (Phi) is 4.04. The molecule has 0 amide bonds. The average molecular weight is 266 g/mol. The molecule has 1 unspecified atom stereocenters. The Morgan fingerprint density at radius 1 is 1.50 bits per heavy atom. The van der Waals surface area contributed by atoms with E-state index < -0.39 is 0 Å². The molecule has 1 heterocycles. The third-order valence-corrected chi connectivity index (χ3v) is 3.44. The number of ether oxygens (including phenoxy) is 1. The Morgan fingerprint density at radius 3 is 2.94 bits per heavy atom. The number of hydrogen-bond acceptors (Lipinski definition) is 3. The van der Waals surface area contributed by atoms with Crippen molar-refractivity contribution in [2.24, 2.45) is 0 Å². The molecule has 0 spiro atoms. The Hall–Kier alpha value is -1.32. The van der Waals surface area contributed by atoms with E-state index in [1.807, 2.05) is 37.4 Å². The number of carbonyl (C=O) groups is 1. The normalized spacial score (nSPS) is 20.4. The first-order valence-electron chi connectivity index (χ1n) is 5.86. The van der Waals surface area contributed by atoms with Crippen LogP contribution in [0, 0.1) is 0 Å². The molecule has 0 radical (unpaired) electrons. The van der Waals surface area contributed by atoms with Crippen LogP contribution in [0.1, 0.15) is 18.0 Å². The van der Waals surface area contributed by atoms with Crippen molar-refractivity contribution >= 4 is 17.6 Å². The van der Waals surface area contributed by atoms with Crippen molar-refractivity contribution in [3.8, 4) is 0 Å². The van der Waals surface area contributed by atoms with E-state index in [0.717, 1.165) is 24.1 Å². The largest absolute Gasteiger partial charge is 0.466 e. The van der Waals surface area contributed by atoms with E-state index in [9.17, 15) is 4.79 Å². The number of nitrogens with zero attached hydrogens (tertiary/aromatic N) is 1. The molecule has 2 rings (SSSR count). The summed E-state index contributed by atoms with van der Waals surface area (Å²) < 4.78 is 4.78. The number of rotatable bonds is 2. The molecule has 3 nitrogen and oxygen atoms in total. The molecule has 0 aliphatic carbocycles. The summed E-state index contributed by atoms with van der Waals surface area (Å²) in [6, 6.07) is 7.79. The fourth-order valence-corrected chi connectivity index (χ4v) is 2.38. The van der Waals surface area contributed by atoms with Crippen molar-refractivity contribution < 1.29 is 9.53 Å². The number of carbonyl (C=O) groups excluding carboxylic acids is 1. The zero-order valence-electron chi connectivity index (χ0n) is 10.5. The fraction of sp³-hybridized carbons (Fsp3) is 0.357. The highest BCUT2D eigenvalue weighted by molar-refractivity contribution is 6.30. The van der Waals surface area contributed by atoms with Crippen LogP contribution in [0.25, 0.3) is 0 Å². The first-order valence-corrected chi connectivity index (χ1v) is 6.24. The van der Waals surface area contributed by atoms with Crippen LogP contribution in [-0.4, -0.2) is 31.6 Å². The van der Waals surface area contributed by atoms with Gasteiger partial charge in [-0.15, -0.1) is 0 Å². The Labute approximate surface area is 112 Å². The van der Waals surface area contributed by atoms with Crippen molar-refractivity contribution in [1.82, 2.24) is 4.90 Å². The minimum Gasteiger partial charge on any atom is -0.466 e. The van der Waals surface area contributed by atoms with Gasteiger partial charge in [-0.1, -0.05) is 29.8 Å². The van der Waals surface area contributed by atoms with Crippen molar-refractivity contribution in [3.05, 3.63) is 46.5 Å². The van der Waals surface area contributed by atoms with E-state index in [-0.39, 0.29) is 12.0 Å². The van der Waals surface area contributed by atoms with E-state index in [4.69, 9.17) is 16.3 Å². The second-order valence-electron chi connectivity index (χ2n) is 4.41. The van der Waals surface area contributed by atoms with E-state index in [2.05, 4.69) is 4.90 Å². The van der Waals surface area contributed by atoms with E-state index in [1.165, 1.54) is 7.11 Å². The maximum Gasteiger partial charge on any atom is 0.333 e. The van der Waals surface area contributed by atoms with Gasteiger partial charge in [-0.05, 0) is 31.2 Å². The molecular weight excluding hydrogens is 250 g/mol. The smallest absolute Gasteiger partial charge is 0.333 e. The van der Waals surface area contributed by atoms with E-state index >= 15 is 0 Å². The fourth-order valence-electron chi connectivity index (χ4n) is 2.18. The molecule has 0 saturated heterocycles. The maximum absolute atomic E-state index is 11.6. The Morgan fingerprint density at radius 2 is 2.28 bits per heavy atom. The average Bonchev–Trinajstić information content (AvgIpc) is 2.38. The van der Waals surface area contributed by atoms with Gasteiger partial charge in [0.05, 0.1) is 13.2 Å². The molecule has 96 valence electrons. The molecule has 18 heavy (non-hydrogen) atoms. The predicted octanol–water partition coefficient (Wildman–Crippen LogP) is 2.82. The summed E-state index contributed by atoms with van der Waals surface area (Å²) in [5.41, 5.74) is 1.83. The van der Waals surface area contributed by atoms with Crippen molar-refractivity contribution in [3.63, 3.8) is 0 Å². The number of benzene rings is 1. The number of methoxy groups -OCH3 is 1. The highest BCUT2D eigenvalue weighted by atomic mass is 35.5. The molecule has 0 aromatic heterocycles. The predicted molar refractivity (Wildman–Crippen MR) is 71.5 cm³/mol. The molecular formula is C14H16ClNO2. The number of halogens is 1. The monoisotopic (exact) mass is 265 g/mol. The molecule has 1 aliphatic rings.